The summed E-state index contributed by atoms with van der Waals surface area (Å²) in [7, 11) is 0. The van der Waals surface area contributed by atoms with Gasteiger partial charge in [0.2, 0.25) is 0 Å². The summed E-state index contributed by atoms with van der Waals surface area (Å²) in [4.78, 5) is 30.3. The van der Waals surface area contributed by atoms with Crippen LogP contribution in [0.2, 0.25) is 0 Å². The van der Waals surface area contributed by atoms with E-state index in [2.05, 4.69) is 11.5 Å². The molecular formula is C29H34N2O6. The molecule has 2 saturated heterocycles. The number of rotatable bonds is 10. The van der Waals surface area contributed by atoms with Crippen LogP contribution in [0.1, 0.15) is 31.0 Å². The maximum atomic E-state index is 13.3. The Hall–Kier alpha value is -3.62. The lowest BCUT2D eigenvalue weighted by Crippen LogP contribution is -2.42. The maximum absolute atomic E-state index is 13.3. The molecule has 0 aliphatic carbocycles. The fourth-order valence-electron chi connectivity index (χ4n) is 4.58. The third-order valence-corrected chi connectivity index (χ3v) is 6.34. The minimum atomic E-state index is -0.750. The topological polar surface area (TPSA) is 88.5 Å². The maximum Gasteiger partial charge on any atom is 0.295 e. The van der Waals surface area contributed by atoms with Crippen molar-refractivity contribution in [1.82, 2.24) is 9.80 Å². The number of Topliss-reactive ketones (excluding diaryl/α,β-unsaturated/α-hetero) is 1. The van der Waals surface area contributed by atoms with E-state index in [0.717, 1.165) is 13.1 Å². The van der Waals surface area contributed by atoms with Crippen LogP contribution in [0.5, 0.6) is 11.5 Å². The second-order valence-corrected chi connectivity index (χ2v) is 9.31. The number of carbonyl (C=O) groups excluding carboxylic acids is 2. The van der Waals surface area contributed by atoms with E-state index < -0.39 is 17.7 Å². The number of aliphatic hydroxyl groups excluding tert-OH is 1. The average molecular weight is 507 g/mol. The molecule has 2 aromatic rings. The van der Waals surface area contributed by atoms with Gasteiger partial charge in [0.05, 0.1) is 30.9 Å². The Morgan fingerprint density at radius 1 is 1.11 bits per heavy atom. The number of carbonyl (C=O) groups is 2. The highest BCUT2D eigenvalue weighted by atomic mass is 16.5. The van der Waals surface area contributed by atoms with Crippen molar-refractivity contribution in [3.63, 3.8) is 0 Å². The first-order valence-electron chi connectivity index (χ1n) is 12.6. The van der Waals surface area contributed by atoms with Gasteiger partial charge in [-0.1, -0.05) is 24.8 Å². The molecule has 1 atom stereocenters. The van der Waals surface area contributed by atoms with Crippen molar-refractivity contribution in [3.05, 3.63) is 77.9 Å². The molecule has 2 aliphatic heterocycles. The molecule has 2 fully saturated rings. The van der Waals surface area contributed by atoms with E-state index >= 15 is 0 Å². The number of hydrogen-bond donors (Lipinski definition) is 1. The van der Waals surface area contributed by atoms with E-state index in [-0.39, 0.29) is 17.4 Å². The molecule has 4 rings (SSSR count). The molecule has 0 bridgehead atoms. The minimum Gasteiger partial charge on any atom is -0.507 e. The number of ketones is 1. The second kappa shape index (κ2) is 12.1. The molecule has 196 valence electrons. The van der Waals surface area contributed by atoms with Crippen LogP contribution >= 0.6 is 0 Å². The van der Waals surface area contributed by atoms with Gasteiger partial charge in [-0.05, 0) is 55.8 Å². The summed E-state index contributed by atoms with van der Waals surface area (Å²) >= 11 is 0. The molecular weight excluding hydrogens is 472 g/mol. The van der Waals surface area contributed by atoms with Crippen LogP contribution < -0.4 is 9.47 Å². The normalized spacial score (nSPS) is 19.9. The molecule has 0 spiro atoms. The highest BCUT2D eigenvalue weighted by Crippen LogP contribution is 2.40. The van der Waals surface area contributed by atoms with Gasteiger partial charge in [0.1, 0.15) is 23.9 Å². The van der Waals surface area contributed by atoms with Crippen molar-refractivity contribution in [3.8, 4) is 11.5 Å². The molecule has 2 heterocycles. The standard InChI is InChI=1S/C29H34N2O6/c1-4-16-36-24-7-5-6-22(19-24)26-25(27(32)21-8-10-23(11-9-21)37-20(2)3)28(33)29(34)31(26)13-12-30-14-17-35-18-15-30/h4-11,19-20,26,32H,1,12-18H2,2-3H3/b27-25+/t26-/m0/s1. The van der Waals surface area contributed by atoms with Gasteiger partial charge in [-0.3, -0.25) is 14.5 Å². The van der Waals surface area contributed by atoms with Crippen molar-refractivity contribution in [2.24, 2.45) is 0 Å². The Bertz CT molecular complexity index is 1150. The van der Waals surface area contributed by atoms with E-state index in [4.69, 9.17) is 14.2 Å². The fourth-order valence-corrected chi connectivity index (χ4v) is 4.58. The number of hydrogen-bond acceptors (Lipinski definition) is 7. The quantitative estimate of drug-likeness (QED) is 0.227. The first-order chi connectivity index (χ1) is 17.9. The first kappa shape index (κ1) is 26.4. The van der Waals surface area contributed by atoms with Gasteiger partial charge in [-0.2, -0.15) is 0 Å². The number of ether oxygens (including phenoxy) is 3. The van der Waals surface area contributed by atoms with Crippen LogP contribution in [-0.2, 0) is 14.3 Å². The third-order valence-electron chi connectivity index (χ3n) is 6.34. The van der Waals surface area contributed by atoms with Gasteiger partial charge < -0.3 is 24.2 Å². The predicted molar refractivity (Wildman–Crippen MR) is 141 cm³/mol. The molecule has 2 aliphatic rings. The highest BCUT2D eigenvalue weighted by molar-refractivity contribution is 6.46. The zero-order chi connectivity index (χ0) is 26.4. The summed E-state index contributed by atoms with van der Waals surface area (Å²) in [6.07, 6.45) is 1.65. The van der Waals surface area contributed by atoms with Crippen LogP contribution in [0.25, 0.3) is 5.76 Å². The summed E-state index contributed by atoms with van der Waals surface area (Å²) in [6, 6.07) is 13.4. The Labute approximate surface area is 217 Å². The van der Waals surface area contributed by atoms with Crippen molar-refractivity contribution >= 4 is 17.4 Å². The van der Waals surface area contributed by atoms with Gasteiger partial charge in [0.25, 0.3) is 11.7 Å². The van der Waals surface area contributed by atoms with E-state index in [9.17, 15) is 14.7 Å². The SMILES string of the molecule is C=CCOc1cccc([C@H]2/C(=C(\O)c3ccc(OC(C)C)cc3)C(=O)C(=O)N2CCN2CCOCC2)c1. The molecule has 0 saturated carbocycles. The lowest BCUT2D eigenvalue weighted by Gasteiger charge is -2.31. The van der Waals surface area contributed by atoms with Gasteiger partial charge in [0.15, 0.2) is 0 Å². The second-order valence-electron chi connectivity index (χ2n) is 9.31. The highest BCUT2D eigenvalue weighted by Gasteiger charge is 2.46. The lowest BCUT2D eigenvalue weighted by molar-refractivity contribution is -0.140. The first-order valence-corrected chi connectivity index (χ1v) is 12.6. The number of amides is 1. The molecule has 0 unspecified atom stereocenters. The number of aliphatic hydroxyl groups is 1. The summed E-state index contributed by atoms with van der Waals surface area (Å²) in [5.41, 5.74) is 1.18. The Kier molecular flexibility index (Phi) is 8.63. The van der Waals surface area contributed by atoms with Crippen molar-refractivity contribution in [2.75, 3.05) is 46.0 Å². The Balaban J connectivity index is 1.71. The van der Waals surface area contributed by atoms with Crippen LogP contribution in [0.15, 0.2) is 66.8 Å². The van der Waals surface area contributed by atoms with Gasteiger partial charge >= 0.3 is 0 Å². The number of benzene rings is 2. The van der Waals surface area contributed by atoms with E-state index in [1.165, 1.54) is 0 Å². The third kappa shape index (κ3) is 6.21. The lowest BCUT2D eigenvalue weighted by atomic mass is 9.95. The monoisotopic (exact) mass is 506 g/mol. The molecule has 8 heteroatoms. The summed E-state index contributed by atoms with van der Waals surface area (Å²) in [5, 5.41) is 11.3. The molecule has 2 aromatic carbocycles. The smallest absolute Gasteiger partial charge is 0.295 e. The van der Waals surface area contributed by atoms with Crippen LogP contribution in [-0.4, -0.2) is 78.7 Å². The average Bonchev–Trinajstić information content (AvgIpc) is 3.16. The van der Waals surface area contributed by atoms with Crippen LogP contribution in [0.3, 0.4) is 0 Å². The largest absolute Gasteiger partial charge is 0.507 e. The van der Waals surface area contributed by atoms with Gasteiger partial charge in [-0.15, -0.1) is 0 Å². The molecule has 0 radical (unpaired) electrons. The number of likely N-dealkylation sites (tertiary alicyclic amines) is 1. The van der Waals surface area contributed by atoms with E-state index in [1.54, 1.807) is 47.4 Å². The van der Waals surface area contributed by atoms with Gasteiger partial charge in [0, 0.05) is 31.7 Å². The minimum absolute atomic E-state index is 0.00632. The summed E-state index contributed by atoms with van der Waals surface area (Å²) in [6.45, 7) is 11.6. The summed E-state index contributed by atoms with van der Waals surface area (Å²) < 4.78 is 16.8. The molecule has 0 aromatic heterocycles. The Morgan fingerprint density at radius 3 is 2.51 bits per heavy atom. The summed E-state index contributed by atoms with van der Waals surface area (Å²) in [5.74, 6) is -0.306. The van der Waals surface area contributed by atoms with Crippen molar-refractivity contribution in [2.45, 2.75) is 26.0 Å². The Morgan fingerprint density at radius 2 is 1.84 bits per heavy atom. The molecule has 8 nitrogen and oxygen atoms in total. The zero-order valence-electron chi connectivity index (χ0n) is 21.4. The number of nitrogens with zero attached hydrogens (tertiary/aromatic N) is 2. The van der Waals surface area contributed by atoms with E-state index in [1.807, 2.05) is 26.0 Å². The molecule has 37 heavy (non-hydrogen) atoms. The number of morpholine rings is 1. The molecule has 1 amide bonds. The van der Waals surface area contributed by atoms with Crippen molar-refractivity contribution in [1.29, 1.82) is 0 Å². The molecule has 1 N–H and O–H groups in total. The fraction of sp³-hybridized carbons (Fsp3) is 0.379. The van der Waals surface area contributed by atoms with E-state index in [0.29, 0.717) is 55.5 Å². The van der Waals surface area contributed by atoms with Crippen LogP contribution in [0.4, 0.5) is 0 Å². The predicted octanol–water partition coefficient (Wildman–Crippen LogP) is 3.79. The van der Waals surface area contributed by atoms with Crippen LogP contribution in [0, 0.1) is 0 Å². The van der Waals surface area contributed by atoms with Gasteiger partial charge in [-0.25, -0.2) is 0 Å². The van der Waals surface area contributed by atoms with Crippen molar-refractivity contribution < 1.29 is 28.9 Å². The zero-order valence-corrected chi connectivity index (χ0v) is 21.4.